The molecule has 4 rings (SSSR count). The van der Waals surface area contributed by atoms with Gasteiger partial charge in [-0.1, -0.05) is 17.7 Å². The number of aryl methyl sites for hydroxylation is 1. The maximum absolute atomic E-state index is 13.0. The van der Waals surface area contributed by atoms with E-state index >= 15 is 0 Å². The zero-order valence-corrected chi connectivity index (χ0v) is 17.5. The molecule has 2 aromatic rings. The number of halogens is 1. The number of carbonyl (C=O) groups is 1. The van der Waals surface area contributed by atoms with Crippen LogP contribution in [0.15, 0.2) is 47.4 Å². The highest BCUT2D eigenvalue weighted by molar-refractivity contribution is 7.89. The van der Waals surface area contributed by atoms with Crippen LogP contribution >= 0.6 is 11.6 Å². The second-order valence-electron chi connectivity index (χ2n) is 7.35. The number of rotatable bonds is 5. The van der Waals surface area contributed by atoms with Crippen molar-refractivity contribution >= 4 is 33.2 Å². The molecule has 1 amide bonds. The summed E-state index contributed by atoms with van der Waals surface area (Å²) >= 11 is 6.02. The second kappa shape index (κ2) is 8.44. The lowest BCUT2D eigenvalue weighted by Gasteiger charge is -2.30. The number of ether oxygens (including phenoxy) is 1. The predicted octanol–water partition coefficient (Wildman–Crippen LogP) is 3.39. The van der Waals surface area contributed by atoms with Gasteiger partial charge in [0.25, 0.3) is 5.91 Å². The van der Waals surface area contributed by atoms with Crippen molar-refractivity contribution in [3.05, 3.63) is 58.6 Å². The largest absolute Gasteiger partial charge is 0.377 e. The minimum absolute atomic E-state index is 0.0618. The summed E-state index contributed by atoms with van der Waals surface area (Å²) in [6, 6.07) is 11.8. The average molecular weight is 435 g/mol. The lowest BCUT2D eigenvalue weighted by atomic mass is 10.0. The first-order valence-electron chi connectivity index (χ1n) is 9.76. The third-order valence-corrected chi connectivity index (χ3v) is 6.98. The summed E-state index contributed by atoms with van der Waals surface area (Å²) in [7, 11) is -3.63. The van der Waals surface area contributed by atoms with Gasteiger partial charge < -0.3 is 9.64 Å². The Morgan fingerprint density at radius 1 is 1.21 bits per heavy atom. The normalized spacial score (nSPS) is 19.2. The van der Waals surface area contributed by atoms with Gasteiger partial charge in [-0.25, -0.2) is 13.1 Å². The molecule has 0 bridgehead atoms. The van der Waals surface area contributed by atoms with Gasteiger partial charge in [-0.15, -0.1) is 0 Å². The van der Waals surface area contributed by atoms with Crippen LogP contribution in [-0.2, 0) is 21.2 Å². The Morgan fingerprint density at radius 2 is 2.07 bits per heavy atom. The molecule has 6 nitrogen and oxygen atoms in total. The van der Waals surface area contributed by atoms with Gasteiger partial charge in [-0.3, -0.25) is 4.79 Å². The van der Waals surface area contributed by atoms with Crippen LogP contribution in [0, 0.1) is 0 Å². The number of fused-ring (bicyclic) bond motifs is 1. The summed E-state index contributed by atoms with van der Waals surface area (Å²) in [5.74, 6) is -0.138. The van der Waals surface area contributed by atoms with Gasteiger partial charge in [-0.2, -0.15) is 0 Å². The molecule has 2 aromatic carbocycles. The number of nitrogens with one attached hydrogen (secondary N) is 1. The molecule has 154 valence electrons. The Labute approximate surface area is 175 Å². The SMILES string of the molecule is O=C(c1cccc(Cl)c1)N1CCCc2cc(S(=O)(=O)NCC3CCCO3)ccc21. The van der Waals surface area contributed by atoms with Gasteiger partial charge in [0.1, 0.15) is 0 Å². The van der Waals surface area contributed by atoms with Crippen LogP contribution < -0.4 is 9.62 Å². The summed E-state index contributed by atoms with van der Waals surface area (Å²) < 4.78 is 33.5. The van der Waals surface area contributed by atoms with Crippen molar-refractivity contribution in [1.29, 1.82) is 0 Å². The fraction of sp³-hybridized carbons (Fsp3) is 0.381. The molecule has 1 fully saturated rings. The Morgan fingerprint density at radius 3 is 2.83 bits per heavy atom. The Kier molecular flexibility index (Phi) is 5.92. The molecule has 0 aromatic heterocycles. The highest BCUT2D eigenvalue weighted by Crippen LogP contribution is 2.31. The summed E-state index contributed by atoms with van der Waals surface area (Å²) in [6.45, 7) is 1.54. The topological polar surface area (TPSA) is 75.7 Å². The van der Waals surface area contributed by atoms with E-state index in [1.165, 1.54) is 0 Å². The maximum atomic E-state index is 13.0. The van der Waals surface area contributed by atoms with Crippen molar-refractivity contribution in [3.63, 3.8) is 0 Å². The summed E-state index contributed by atoms with van der Waals surface area (Å²) in [5, 5.41) is 0.506. The molecular formula is C21H23ClN2O4S. The summed E-state index contributed by atoms with van der Waals surface area (Å²) in [4.78, 5) is 14.9. The van der Waals surface area contributed by atoms with E-state index in [0.717, 1.165) is 36.9 Å². The van der Waals surface area contributed by atoms with E-state index in [1.54, 1.807) is 47.4 Å². The Bertz CT molecular complexity index is 1020. The molecule has 2 aliphatic heterocycles. The first-order chi connectivity index (χ1) is 13.9. The van der Waals surface area contributed by atoms with Crippen LogP contribution in [-0.4, -0.2) is 40.1 Å². The van der Waals surface area contributed by atoms with E-state index in [1.807, 2.05) is 0 Å². The number of carbonyl (C=O) groups excluding carboxylic acids is 1. The number of benzene rings is 2. The first kappa shape index (κ1) is 20.3. The van der Waals surface area contributed by atoms with E-state index < -0.39 is 10.0 Å². The number of sulfonamides is 1. The van der Waals surface area contributed by atoms with Gasteiger partial charge in [0.05, 0.1) is 11.0 Å². The molecule has 1 N–H and O–H groups in total. The van der Waals surface area contributed by atoms with Gasteiger partial charge >= 0.3 is 0 Å². The van der Waals surface area contributed by atoms with Crippen LogP contribution in [0.5, 0.6) is 0 Å². The summed E-state index contributed by atoms with van der Waals surface area (Å²) in [5.41, 5.74) is 2.12. The number of hydrogen-bond acceptors (Lipinski definition) is 4. The fourth-order valence-electron chi connectivity index (χ4n) is 3.82. The van der Waals surface area contributed by atoms with Crippen LogP contribution in [0.2, 0.25) is 5.02 Å². The molecule has 1 saturated heterocycles. The van der Waals surface area contributed by atoms with E-state index in [0.29, 0.717) is 23.7 Å². The zero-order valence-electron chi connectivity index (χ0n) is 15.9. The minimum atomic E-state index is -3.63. The summed E-state index contributed by atoms with van der Waals surface area (Å²) in [6.07, 6.45) is 3.26. The van der Waals surface area contributed by atoms with Gasteiger partial charge in [-0.05, 0) is 67.6 Å². The zero-order chi connectivity index (χ0) is 20.4. The molecule has 1 atom stereocenters. The first-order valence-corrected chi connectivity index (χ1v) is 11.6. The molecule has 0 radical (unpaired) electrons. The number of anilines is 1. The quantitative estimate of drug-likeness (QED) is 0.782. The van der Waals surface area contributed by atoms with Crippen LogP contribution in [0.4, 0.5) is 5.69 Å². The predicted molar refractivity (Wildman–Crippen MR) is 112 cm³/mol. The molecule has 0 saturated carbocycles. The average Bonchev–Trinajstić information content (AvgIpc) is 3.25. The highest BCUT2D eigenvalue weighted by Gasteiger charge is 2.26. The molecule has 2 heterocycles. The van der Waals surface area contributed by atoms with E-state index in [2.05, 4.69) is 4.72 Å². The van der Waals surface area contributed by atoms with Crippen LogP contribution in [0.1, 0.15) is 35.2 Å². The third kappa shape index (κ3) is 4.48. The van der Waals surface area contributed by atoms with Crippen molar-refractivity contribution in [1.82, 2.24) is 4.72 Å². The number of amides is 1. The number of nitrogens with zero attached hydrogens (tertiary/aromatic N) is 1. The minimum Gasteiger partial charge on any atom is -0.377 e. The van der Waals surface area contributed by atoms with Gasteiger partial charge in [0.15, 0.2) is 0 Å². The fourth-order valence-corrected chi connectivity index (χ4v) is 5.13. The van der Waals surface area contributed by atoms with Crippen LogP contribution in [0.25, 0.3) is 0 Å². The van der Waals surface area contributed by atoms with Crippen molar-refractivity contribution < 1.29 is 17.9 Å². The number of hydrogen-bond donors (Lipinski definition) is 1. The van der Waals surface area contributed by atoms with E-state index in [4.69, 9.17) is 16.3 Å². The molecule has 2 aliphatic rings. The lowest BCUT2D eigenvalue weighted by Crippen LogP contribution is -2.36. The Balaban J connectivity index is 1.55. The molecule has 1 unspecified atom stereocenters. The van der Waals surface area contributed by atoms with Crippen molar-refractivity contribution in [2.24, 2.45) is 0 Å². The molecular weight excluding hydrogens is 412 g/mol. The van der Waals surface area contributed by atoms with Crippen LogP contribution in [0.3, 0.4) is 0 Å². The maximum Gasteiger partial charge on any atom is 0.258 e. The molecule has 29 heavy (non-hydrogen) atoms. The second-order valence-corrected chi connectivity index (χ2v) is 9.55. The van der Waals surface area contributed by atoms with Gasteiger partial charge in [0, 0.05) is 36.0 Å². The Hall–Kier alpha value is -1.93. The smallest absolute Gasteiger partial charge is 0.258 e. The molecule has 0 aliphatic carbocycles. The lowest BCUT2D eigenvalue weighted by molar-refractivity contribution is 0.0985. The van der Waals surface area contributed by atoms with Gasteiger partial charge in [0.2, 0.25) is 10.0 Å². The molecule has 0 spiro atoms. The third-order valence-electron chi connectivity index (χ3n) is 5.32. The van der Waals surface area contributed by atoms with Crippen molar-refractivity contribution in [3.8, 4) is 0 Å². The molecule has 8 heteroatoms. The van der Waals surface area contributed by atoms with E-state index in [-0.39, 0.29) is 23.5 Å². The highest BCUT2D eigenvalue weighted by atomic mass is 35.5. The van der Waals surface area contributed by atoms with Crippen molar-refractivity contribution in [2.75, 3.05) is 24.6 Å². The monoisotopic (exact) mass is 434 g/mol. The van der Waals surface area contributed by atoms with E-state index in [9.17, 15) is 13.2 Å². The van der Waals surface area contributed by atoms with Crippen molar-refractivity contribution in [2.45, 2.75) is 36.7 Å². The standard InChI is InChI=1S/C21H23ClN2O4S/c22-17-6-1-4-16(12-17)21(25)24-10-2-5-15-13-19(8-9-20(15)24)29(26,27)23-14-18-7-3-11-28-18/h1,4,6,8-9,12-13,18,23H,2-3,5,7,10-11,14H2.